The number of carbonyl (C=O) groups is 1. The van der Waals surface area contributed by atoms with Gasteiger partial charge in [0.25, 0.3) is 0 Å². The van der Waals surface area contributed by atoms with Crippen molar-refractivity contribution < 1.29 is 4.79 Å². The standard InChI is InChI=1S/C14H24N2O/c1-10-5-3-4-6-12(10)9-16-14(17)11(2)13-7-15-8-13/h10,12,15H,3-9H2,1-2H3,(H,16,17). The van der Waals surface area contributed by atoms with Crippen LogP contribution in [0.2, 0.25) is 0 Å². The summed E-state index contributed by atoms with van der Waals surface area (Å²) in [6.45, 7) is 6.89. The van der Waals surface area contributed by atoms with Crippen LogP contribution in [0.4, 0.5) is 0 Å². The largest absolute Gasteiger partial charge is 0.352 e. The minimum Gasteiger partial charge on any atom is -0.352 e. The highest BCUT2D eigenvalue weighted by Gasteiger charge is 2.22. The highest BCUT2D eigenvalue weighted by atomic mass is 16.1. The van der Waals surface area contributed by atoms with Gasteiger partial charge in [-0.15, -0.1) is 0 Å². The Balaban J connectivity index is 1.79. The van der Waals surface area contributed by atoms with Crippen LogP contribution in [0.5, 0.6) is 0 Å². The summed E-state index contributed by atoms with van der Waals surface area (Å²) in [6.07, 6.45) is 5.29. The van der Waals surface area contributed by atoms with Gasteiger partial charge in [-0.25, -0.2) is 0 Å². The molecule has 3 heteroatoms. The van der Waals surface area contributed by atoms with Crippen LogP contribution in [-0.4, -0.2) is 25.5 Å². The van der Waals surface area contributed by atoms with Gasteiger partial charge in [-0.05, 0) is 30.8 Å². The van der Waals surface area contributed by atoms with E-state index in [1.54, 1.807) is 0 Å². The van der Waals surface area contributed by atoms with Crippen LogP contribution in [0.25, 0.3) is 0 Å². The molecule has 17 heavy (non-hydrogen) atoms. The Labute approximate surface area is 104 Å². The minimum atomic E-state index is 0.138. The molecule has 2 atom stereocenters. The Kier molecular flexibility index (Phi) is 4.21. The third-order valence-corrected chi connectivity index (χ3v) is 4.36. The van der Waals surface area contributed by atoms with Crippen LogP contribution in [0.3, 0.4) is 0 Å². The van der Waals surface area contributed by atoms with Gasteiger partial charge in [0.15, 0.2) is 0 Å². The molecule has 0 radical (unpaired) electrons. The van der Waals surface area contributed by atoms with Crippen LogP contribution in [0, 0.1) is 11.8 Å². The molecule has 3 nitrogen and oxygen atoms in total. The van der Waals surface area contributed by atoms with Crippen molar-refractivity contribution in [1.29, 1.82) is 0 Å². The lowest BCUT2D eigenvalue weighted by molar-refractivity contribution is -0.117. The molecule has 2 unspecified atom stereocenters. The van der Waals surface area contributed by atoms with Gasteiger partial charge in [0.1, 0.15) is 0 Å². The van der Waals surface area contributed by atoms with Gasteiger partial charge in [-0.1, -0.05) is 26.2 Å². The lowest BCUT2D eigenvalue weighted by Gasteiger charge is -2.29. The maximum atomic E-state index is 11.9. The number of hydrogen-bond acceptors (Lipinski definition) is 2. The molecule has 0 bridgehead atoms. The van der Waals surface area contributed by atoms with Crippen molar-refractivity contribution >= 4 is 5.91 Å². The zero-order chi connectivity index (χ0) is 12.3. The van der Waals surface area contributed by atoms with E-state index >= 15 is 0 Å². The fraction of sp³-hybridized carbons (Fsp3) is 0.786. The van der Waals surface area contributed by atoms with Crippen LogP contribution < -0.4 is 10.6 Å². The quantitative estimate of drug-likeness (QED) is 0.734. The third-order valence-electron chi connectivity index (χ3n) is 4.36. The van der Waals surface area contributed by atoms with Crippen molar-refractivity contribution in [2.75, 3.05) is 19.6 Å². The number of amides is 1. The number of nitrogens with one attached hydrogen (secondary N) is 2. The molecule has 0 aromatic carbocycles. The van der Waals surface area contributed by atoms with Crippen LogP contribution in [0.1, 0.15) is 39.5 Å². The summed E-state index contributed by atoms with van der Waals surface area (Å²) >= 11 is 0. The summed E-state index contributed by atoms with van der Waals surface area (Å²) in [4.78, 5) is 11.9. The normalized spacial score (nSPS) is 28.5. The minimum absolute atomic E-state index is 0.138. The summed E-state index contributed by atoms with van der Waals surface area (Å²) in [7, 11) is 0. The lowest BCUT2D eigenvalue weighted by atomic mass is 9.80. The molecule has 1 saturated heterocycles. The van der Waals surface area contributed by atoms with Crippen molar-refractivity contribution in [3.63, 3.8) is 0 Å². The molecule has 2 rings (SSSR count). The summed E-state index contributed by atoms with van der Waals surface area (Å²) in [6, 6.07) is 0. The van der Waals surface area contributed by atoms with Crippen molar-refractivity contribution in [3.8, 4) is 0 Å². The molecule has 1 heterocycles. The first-order valence-corrected chi connectivity index (χ1v) is 6.86. The Morgan fingerprint density at radius 3 is 2.65 bits per heavy atom. The summed E-state index contributed by atoms with van der Waals surface area (Å²) < 4.78 is 0. The highest BCUT2D eigenvalue weighted by Crippen LogP contribution is 2.28. The predicted molar refractivity (Wildman–Crippen MR) is 69.7 cm³/mol. The first-order valence-electron chi connectivity index (χ1n) is 6.86. The number of carbonyl (C=O) groups excluding carboxylic acids is 1. The van der Waals surface area contributed by atoms with E-state index in [4.69, 9.17) is 0 Å². The molecule has 1 amide bonds. The van der Waals surface area contributed by atoms with E-state index in [-0.39, 0.29) is 5.91 Å². The van der Waals surface area contributed by atoms with Gasteiger partial charge in [-0.2, -0.15) is 0 Å². The van der Waals surface area contributed by atoms with Crippen molar-refractivity contribution in [2.45, 2.75) is 39.5 Å². The van der Waals surface area contributed by atoms with Crippen LogP contribution in [0.15, 0.2) is 11.1 Å². The Hall–Kier alpha value is -0.830. The van der Waals surface area contributed by atoms with E-state index in [0.717, 1.165) is 31.1 Å². The number of hydrogen-bond donors (Lipinski definition) is 2. The maximum Gasteiger partial charge on any atom is 0.246 e. The molecule has 1 saturated carbocycles. The molecule has 2 N–H and O–H groups in total. The Morgan fingerprint density at radius 2 is 2.06 bits per heavy atom. The van der Waals surface area contributed by atoms with E-state index in [9.17, 15) is 4.79 Å². The van der Waals surface area contributed by atoms with Crippen LogP contribution in [-0.2, 0) is 4.79 Å². The smallest absolute Gasteiger partial charge is 0.246 e. The van der Waals surface area contributed by atoms with E-state index in [1.807, 2.05) is 6.92 Å². The zero-order valence-corrected chi connectivity index (χ0v) is 11.0. The van der Waals surface area contributed by atoms with Gasteiger partial charge in [0, 0.05) is 25.2 Å². The Morgan fingerprint density at radius 1 is 1.35 bits per heavy atom. The van der Waals surface area contributed by atoms with Crippen molar-refractivity contribution in [1.82, 2.24) is 10.6 Å². The van der Waals surface area contributed by atoms with Gasteiger partial charge in [0.2, 0.25) is 5.91 Å². The summed E-state index contributed by atoms with van der Waals surface area (Å²) in [5.41, 5.74) is 2.19. The highest BCUT2D eigenvalue weighted by molar-refractivity contribution is 5.93. The topological polar surface area (TPSA) is 41.1 Å². The predicted octanol–water partition coefficient (Wildman–Crippen LogP) is 1.85. The van der Waals surface area contributed by atoms with Crippen molar-refractivity contribution in [2.24, 2.45) is 11.8 Å². The van der Waals surface area contributed by atoms with Crippen LogP contribution >= 0.6 is 0 Å². The molecule has 1 aliphatic heterocycles. The van der Waals surface area contributed by atoms with E-state index in [0.29, 0.717) is 5.92 Å². The van der Waals surface area contributed by atoms with E-state index in [2.05, 4.69) is 17.6 Å². The molecule has 0 aromatic rings. The molecule has 2 fully saturated rings. The summed E-state index contributed by atoms with van der Waals surface area (Å²) in [5.74, 6) is 1.59. The fourth-order valence-electron chi connectivity index (χ4n) is 2.73. The van der Waals surface area contributed by atoms with Gasteiger partial charge >= 0.3 is 0 Å². The maximum absolute atomic E-state index is 11.9. The fourth-order valence-corrected chi connectivity index (χ4v) is 2.73. The molecule has 1 aliphatic carbocycles. The molecule has 2 aliphatic rings. The molecular weight excluding hydrogens is 212 g/mol. The Bertz CT molecular complexity index is 316. The second kappa shape index (κ2) is 5.67. The van der Waals surface area contributed by atoms with E-state index < -0.39 is 0 Å². The zero-order valence-electron chi connectivity index (χ0n) is 11.0. The van der Waals surface area contributed by atoms with Crippen molar-refractivity contribution in [3.05, 3.63) is 11.1 Å². The monoisotopic (exact) mass is 236 g/mol. The average molecular weight is 236 g/mol. The van der Waals surface area contributed by atoms with Gasteiger partial charge < -0.3 is 10.6 Å². The first-order chi connectivity index (χ1) is 8.18. The average Bonchev–Trinajstić information content (AvgIpc) is 2.25. The lowest BCUT2D eigenvalue weighted by Crippen LogP contribution is -2.39. The number of rotatable bonds is 3. The molecule has 96 valence electrons. The first kappa shape index (κ1) is 12.6. The van der Waals surface area contributed by atoms with Gasteiger partial charge in [0.05, 0.1) is 0 Å². The van der Waals surface area contributed by atoms with E-state index in [1.165, 1.54) is 31.3 Å². The second-order valence-electron chi connectivity index (χ2n) is 5.56. The second-order valence-corrected chi connectivity index (χ2v) is 5.56. The summed E-state index contributed by atoms with van der Waals surface area (Å²) in [5, 5.41) is 6.28. The van der Waals surface area contributed by atoms with Gasteiger partial charge in [-0.3, -0.25) is 4.79 Å². The molecule has 0 aromatic heterocycles. The molecule has 0 spiro atoms. The SMILES string of the molecule is CC(C(=O)NCC1CCCCC1C)=C1CNC1. The molecular formula is C14H24N2O. The third kappa shape index (κ3) is 3.09.